The molecule has 4 aliphatic carbocycles. The average Bonchev–Trinajstić information content (AvgIpc) is 3.16. The first kappa shape index (κ1) is 20.5. The van der Waals surface area contributed by atoms with E-state index in [1.807, 2.05) is 0 Å². The van der Waals surface area contributed by atoms with Gasteiger partial charge in [-0.05, 0) is 97.7 Å². The third-order valence-corrected chi connectivity index (χ3v) is 11.9. The summed E-state index contributed by atoms with van der Waals surface area (Å²) in [6, 6.07) is 0. The van der Waals surface area contributed by atoms with Gasteiger partial charge in [0.2, 0.25) is 0 Å². The molecule has 4 saturated carbocycles. The highest BCUT2D eigenvalue weighted by molar-refractivity contribution is 5.16. The molecule has 0 amide bonds. The van der Waals surface area contributed by atoms with Crippen molar-refractivity contribution in [3.63, 3.8) is 0 Å². The summed E-state index contributed by atoms with van der Waals surface area (Å²) in [4.78, 5) is 0. The number of hydrogen-bond acceptors (Lipinski definition) is 3. The fourth-order valence-corrected chi connectivity index (χ4v) is 10.5. The topological polar surface area (TPSA) is 38.7 Å². The molecule has 2 aliphatic heterocycles. The lowest BCUT2D eigenvalue weighted by atomic mass is 9.44. The Labute approximate surface area is 183 Å². The maximum atomic E-state index is 11.0. The molecule has 2 heterocycles. The van der Waals surface area contributed by atoms with Gasteiger partial charge in [0.05, 0.1) is 12.7 Å². The third-order valence-electron chi connectivity index (χ3n) is 11.9. The van der Waals surface area contributed by atoms with Crippen molar-refractivity contribution in [2.24, 2.45) is 52.3 Å². The Kier molecular flexibility index (Phi) is 4.58. The molecule has 0 aromatic heterocycles. The molecule has 0 aromatic carbocycles. The molecular weight excluding hydrogens is 372 g/mol. The fraction of sp³-hybridized carbons (Fsp3) is 1.00. The molecule has 6 aliphatic rings. The zero-order valence-corrected chi connectivity index (χ0v) is 19.7. The summed E-state index contributed by atoms with van der Waals surface area (Å²) in [5.41, 5.74) is 0.964. The van der Waals surface area contributed by atoms with E-state index < -0.39 is 11.9 Å². The summed E-state index contributed by atoms with van der Waals surface area (Å²) in [5, 5.41) is 11.0. The fourth-order valence-electron chi connectivity index (χ4n) is 10.5. The molecule has 12 atom stereocenters. The zero-order chi connectivity index (χ0) is 20.9. The Morgan fingerprint density at radius 1 is 0.867 bits per heavy atom. The Bertz CT molecular complexity index is 694. The first-order valence-corrected chi connectivity index (χ1v) is 13.3. The minimum absolute atomic E-state index is 0.286. The van der Waals surface area contributed by atoms with E-state index in [4.69, 9.17) is 9.47 Å². The maximum Gasteiger partial charge on any atom is 0.197 e. The van der Waals surface area contributed by atoms with Gasteiger partial charge in [0.25, 0.3) is 0 Å². The quantitative estimate of drug-likeness (QED) is 0.543. The largest absolute Gasteiger partial charge is 0.387 e. The molecular formula is C27H44O3. The number of hydrogen-bond donors (Lipinski definition) is 1. The van der Waals surface area contributed by atoms with Gasteiger partial charge in [-0.25, -0.2) is 0 Å². The van der Waals surface area contributed by atoms with E-state index in [9.17, 15) is 5.11 Å². The number of rotatable bonds is 0. The summed E-state index contributed by atoms with van der Waals surface area (Å²) in [6.07, 6.45) is 13.4. The van der Waals surface area contributed by atoms with Gasteiger partial charge in [-0.1, -0.05) is 40.5 Å². The minimum atomic E-state index is -0.736. The second-order valence-electron chi connectivity index (χ2n) is 13.0. The smallest absolute Gasteiger partial charge is 0.197 e. The van der Waals surface area contributed by atoms with E-state index in [-0.39, 0.29) is 12.0 Å². The van der Waals surface area contributed by atoms with E-state index in [1.165, 1.54) is 57.8 Å². The van der Waals surface area contributed by atoms with Crippen LogP contribution in [0.3, 0.4) is 0 Å². The van der Waals surface area contributed by atoms with Crippen molar-refractivity contribution in [2.45, 2.75) is 110 Å². The number of aliphatic hydroxyl groups is 1. The van der Waals surface area contributed by atoms with Crippen molar-refractivity contribution in [1.82, 2.24) is 0 Å². The van der Waals surface area contributed by atoms with E-state index in [0.717, 1.165) is 36.7 Å². The van der Waals surface area contributed by atoms with Crippen LogP contribution in [0.1, 0.15) is 91.9 Å². The summed E-state index contributed by atoms with van der Waals surface area (Å²) in [5.74, 6) is 4.16. The van der Waals surface area contributed by atoms with Crippen LogP contribution >= 0.6 is 0 Å². The molecule has 6 fully saturated rings. The number of fused-ring (bicyclic) bond motifs is 7. The average molecular weight is 417 g/mol. The van der Waals surface area contributed by atoms with E-state index in [2.05, 4.69) is 27.7 Å². The van der Waals surface area contributed by atoms with Crippen molar-refractivity contribution in [3.8, 4) is 0 Å². The van der Waals surface area contributed by atoms with Gasteiger partial charge in [0.1, 0.15) is 6.10 Å². The van der Waals surface area contributed by atoms with Crippen molar-refractivity contribution in [2.75, 3.05) is 6.61 Å². The lowest BCUT2D eigenvalue weighted by Gasteiger charge is -2.61. The van der Waals surface area contributed by atoms with Crippen LogP contribution in [-0.4, -0.2) is 29.7 Å². The summed E-state index contributed by atoms with van der Waals surface area (Å²) < 4.78 is 13.1. The van der Waals surface area contributed by atoms with Crippen LogP contribution in [0.4, 0.5) is 0 Å². The lowest BCUT2D eigenvalue weighted by Crippen LogP contribution is -2.57. The molecule has 0 unspecified atom stereocenters. The van der Waals surface area contributed by atoms with Crippen LogP contribution in [0, 0.1) is 52.3 Å². The van der Waals surface area contributed by atoms with Crippen LogP contribution < -0.4 is 0 Å². The zero-order valence-electron chi connectivity index (χ0n) is 19.7. The highest BCUT2D eigenvalue weighted by Crippen LogP contribution is 2.71. The summed E-state index contributed by atoms with van der Waals surface area (Å²) in [6.45, 7) is 10.5. The van der Waals surface area contributed by atoms with Gasteiger partial charge in [0.15, 0.2) is 5.79 Å². The monoisotopic (exact) mass is 416 g/mol. The van der Waals surface area contributed by atoms with Gasteiger partial charge in [-0.3, -0.25) is 0 Å². The molecule has 0 radical (unpaired) electrons. The lowest BCUT2D eigenvalue weighted by molar-refractivity contribution is -0.316. The van der Waals surface area contributed by atoms with Gasteiger partial charge in [0, 0.05) is 5.92 Å². The van der Waals surface area contributed by atoms with E-state index in [1.54, 1.807) is 0 Å². The number of ether oxygens (including phenoxy) is 2. The normalized spacial score (nSPS) is 62.5. The highest BCUT2D eigenvalue weighted by atomic mass is 16.7. The van der Waals surface area contributed by atoms with Crippen molar-refractivity contribution in [1.29, 1.82) is 0 Å². The van der Waals surface area contributed by atoms with Gasteiger partial charge in [-0.2, -0.15) is 0 Å². The summed E-state index contributed by atoms with van der Waals surface area (Å²) >= 11 is 0. The van der Waals surface area contributed by atoms with E-state index >= 15 is 0 Å². The molecule has 2 saturated heterocycles. The van der Waals surface area contributed by atoms with Crippen LogP contribution in [0.5, 0.6) is 0 Å². The summed E-state index contributed by atoms with van der Waals surface area (Å²) in [7, 11) is 0. The molecule has 6 rings (SSSR count). The molecule has 3 heteroatoms. The molecule has 170 valence electrons. The second kappa shape index (κ2) is 6.70. The maximum absolute atomic E-state index is 11.0. The molecule has 0 bridgehead atoms. The van der Waals surface area contributed by atoms with Crippen LogP contribution in [-0.2, 0) is 9.47 Å². The van der Waals surface area contributed by atoms with Gasteiger partial charge < -0.3 is 14.6 Å². The first-order chi connectivity index (χ1) is 14.3. The Hall–Kier alpha value is -0.120. The van der Waals surface area contributed by atoms with Gasteiger partial charge >= 0.3 is 0 Å². The predicted octanol–water partition coefficient (Wildman–Crippen LogP) is 5.79. The van der Waals surface area contributed by atoms with E-state index in [0.29, 0.717) is 22.7 Å². The second-order valence-corrected chi connectivity index (χ2v) is 13.0. The first-order valence-electron chi connectivity index (χ1n) is 13.3. The highest BCUT2D eigenvalue weighted by Gasteiger charge is 2.70. The molecule has 30 heavy (non-hydrogen) atoms. The predicted molar refractivity (Wildman–Crippen MR) is 118 cm³/mol. The Balaban J connectivity index is 1.28. The standard InChI is InChI=1S/C27H44O3/c1-16-13-23(28)27(29-15-16)17(2)24-22(30-27)14-21-19-9-8-18-7-5-6-11-25(18,3)20(19)10-12-26(21,24)4/h16-24,28H,5-15H2,1-4H3/t16-,17+,18-,19-,20+,21+,22+,23-,24+,25+,26+,27+/m1/s1. The number of aliphatic hydroxyl groups excluding tert-OH is 1. The Morgan fingerprint density at radius 2 is 1.70 bits per heavy atom. The molecule has 3 nitrogen and oxygen atoms in total. The minimum Gasteiger partial charge on any atom is -0.387 e. The van der Waals surface area contributed by atoms with Crippen LogP contribution in [0.25, 0.3) is 0 Å². The SMILES string of the molecule is C[C@H]1CO[C@@]2(O[C@H]3C[C@H]4[C@@H]5CC[C@H]6CCCC[C@]6(C)[C@H]5CC[C@]4(C)[C@H]3[C@@H]2C)[C@H](O)C1. The van der Waals surface area contributed by atoms with Crippen molar-refractivity contribution < 1.29 is 14.6 Å². The molecule has 0 aromatic rings. The van der Waals surface area contributed by atoms with Crippen molar-refractivity contribution in [3.05, 3.63) is 0 Å². The van der Waals surface area contributed by atoms with Gasteiger partial charge in [-0.15, -0.1) is 0 Å². The third kappa shape index (κ3) is 2.49. The van der Waals surface area contributed by atoms with Crippen molar-refractivity contribution >= 4 is 0 Å². The Morgan fingerprint density at radius 3 is 2.50 bits per heavy atom. The molecule has 1 spiro atoms. The molecule has 1 N–H and O–H groups in total. The van der Waals surface area contributed by atoms with Crippen LogP contribution in [0.15, 0.2) is 0 Å². The van der Waals surface area contributed by atoms with Crippen LogP contribution in [0.2, 0.25) is 0 Å².